The van der Waals surface area contributed by atoms with Crippen molar-refractivity contribution in [3.63, 3.8) is 0 Å². The molecule has 0 spiro atoms. The number of hydrogen-bond donors (Lipinski definition) is 1. The normalized spacial score (nSPS) is 20.1. The number of thioether (sulfide) groups is 1. The third-order valence-corrected chi connectivity index (χ3v) is 9.46. The molecular formula is C27H18ClFN4O4S2. The number of carbonyl (C=O) groups is 3. The number of amides is 3. The lowest BCUT2D eigenvalue weighted by Crippen LogP contribution is -2.33. The number of hydrogen-bond acceptors (Lipinski definition) is 7. The van der Waals surface area contributed by atoms with Gasteiger partial charge in [0.25, 0.3) is 0 Å². The molecule has 2 aliphatic heterocycles. The Morgan fingerprint density at radius 2 is 1.77 bits per heavy atom. The van der Waals surface area contributed by atoms with Crippen LogP contribution in [0.4, 0.5) is 15.8 Å². The highest BCUT2D eigenvalue weighted by Gasteiger charge is 2.56. The van der Waals surface area contributed by atoms with Gasteiger partial charge in [-0.1, -0.05) is 40.8 Å². The molecule has 1 N–H and O–H groups in total. The van der Waals surface area contributed by atoms with Crippen LogP contribution in [0.3, 0.4) is 0 Å². The van der Waals surface area contributed by atoms with E-state index in [1.54, 1.807) is 48.8 Å². The van der Waals surface area contributed by atoms with Crippen LogP contribution >= 0.6 is 34.7 Å². The van der Waals surface area contributed by atoms with Crippen LogP contribution < -0.4 is 15.1 Å². The summed E-state index contributed by atoms with van der Waals surface area (Å²) >= 11 is 7.97. The van der Waals surface area contributed by atoms with Crippen LogP contribution in [0.5, 0.6) is 0 Å². The van der Waals surface area contributed by atoms with Crippen LogP contribution in [0.1, 0.15) is 16.4 Å². The first-order chi connectivity index (χ1) is 18.8. The van der Waals surface area contributed by atoms with Gasteiger partial charge in [0, 0.05) is 33.9 Å². The van der Waals surface area contributed by atoms with Gasteiger partial charge in [-0.3, -0.25) is 28.7 Å². The van der Waals surface area contributed by atoms with Crippen molar-refractivity contribution in [3.8, 4) is 0 Å². The molecule has 12 heteroatoms. The summed E-state index contributed by atoms with van der Waals surface area (Å²) in [6.45, 7) is -0.277. The van der Waals surface area contributed by atoms with Crippen LogP contribution in [0, 0.1) is 11.7 Å². The Bertz CT molecular complexity index is 1660. The summed E-state index contributed by atoms with van der Waals surface area (Å²) < 4.78 is 14.9. The number of imide groups is 1. The van der Waals surface area contributed by atoms with Crippen LogP contribution in [-0.4, -0.2) is 32.5 Å². The quantitative estimate of drug-likeness (QED) is 0.348. The lowest BCUT2D eigenvalue weighted by molar-refractivity contribution is -0.122. The molecule has 39 heavy (non-hydrogen) atoms. The van der Waals surface area contributed by atoms with Crippen molar-refractivity contribution in [2.75, 3.05) is 10.2 Å². The van der Waals surface area contributed by atoms with Gasteiger partial charge in [0.05, 0.1) is 16.6 Å². The van der Waals surface area contributed by atoms with Crippen molar-refractivity contribution in [2.45, 2.75) is 22.7 Å². The minimum Gasteiger partial charge on any atom is -0.325 e. The monoisotopic (exact) mass is 580 g/mol. The van der Waals surface area contributed by atoms with Crippen molar-refractivity contribution in [2.24, 2.45) is 5.92 Å². The van der Waals surface area contributed by atoms with Crippen LogP contribution in [-0.2, 0) is 20.9 Å². The fraction of sp³-hybridized carbons (Fsp3) is 0.148. The van der Waals surface area contributed by atoms with Gasteiger partial charge >= 0.3 is 4.87 Å². The standard InChI is InChI=1S/C27H18ClFN4O4S2/c28-15-3-7-17(8-4-15)31-19(34)13-32-26-23(39-27(32)37)20(14-2-1-11-30-12-14)21-22(38-26)25(36)33(24(21)35)18-9-5-16(29)6-10-18/h1-12,20-22H,13H2,(H,31,34). The van der Waals surface area contributed by atoms with E-state index in [-0.39, 0.29) is 17.1 Å². The second kappa shape index (κ2) is 10.1. The van der Waals surface area contributed by atoms with E-state index in [0.717, 1.165) is 28.0 Å². The number of carbonyl (C=O) groups excluding carboxylic acids is 3. The molecule has 1 fully saturated rings. The van der Waals surface area contributed by atoms with Gasteiger partial charge in [0.2, 0.25) is 17.7 Å². The van der Waals surface area contributed by atoms with E-state index in [1.165, 1.54) is 28.8 Å². The molecule has 3 unspecified atom stereocenters. The molecule has 4 heterocycles. The smallest absolute Gasteiger partial charge is 0.308 e. The fourth-order valence-corrected chi connectivity index (χ4v) is 7.80. The Hall–Kier alpha value is -3.80. The Kier molecular flexibility index (Phi) is 6.57. The molecular weight excluding hydrogens is 563 g/mol. The summed E-state index contributed by atoms with van der Waals surface area (Å²) in [5.41, 5.74) is 1.47. The molecule has 8 nitrogen and oxygen atoms in total. The molecule has 1 saturated heterocycles. The zero-order valence-corrected chi connectivity index (χ0v) is 22.3. The van der Waals surface area contributed by atoms with Crippen LogP contribution in [0.15, 0.2) is 82.9 Å². The minimum absolute atomic E-state index is 0.273. The molecule has 0 saturated carbocycles. The van der Waals surface area contributed by atoms with Gasteiger partial charge in [0.15, 0.2) is 0 Å². The number of anilines is 2. The fourth-order valence-electron chi connectivity index (χ4n) is 4.90. The van der Waals surface area contributed by atoms with E-state index in [0.29, 0.717) is 26.2 Å². The summed E-state index contributed by atoms with van der Waals surface area (Å²) in [6.07, 6.45) is 3.21. The van der Waals surface area contributed by atoms with Crippen molar-refractivity contribution in [1.82, 2.24) is 9.55 Å². The van der Waals surface area contributed by atoms with E-state index >= 15 is 0 Å². The molecule has 196 valence electrons. The number of benzene rings is 2. The van der Waals surface area contributed by atoms with Gasteiger partial charge < -0.3 is 5.32 Å². The first-order valence-electron chi connectivity index (χ1n) is 11.8. The first kappa shape index (κ1) is 25.5. The Labute approximate surface area is 234 Å². The second-order valence-corrected chi connectivity index (χ2v) is 11.6. The molecule has 3 amide bonds. The highest BCUT2D eigenvalue weighted by atomic mass is 35.5. The van der Waals surface area contributed by atoms with Crippen LogP contribution in [0.25, 0.3) is 0 Å². The summed E-state index contributed by atoms with van der Waals surface area (Å²) in [7, 11) is 0. The van der Waals surface area contributed by atoms with Crippen molar-refractivity contribution >= 4 is 63.8 Å². The molecule has 2 aromatic heterocycles. The second-order valence-electron chi connectivity index (χ2n) is 9.00. The Morgan fingerprint density at radius 1 is 1.03 bits per heavy atom. The zero-order chi connectivity index (χ0) is 27.3. The van der Waals surface area contributed by atoms with Crippen molar-refractivity contribution in [3.05, 3.63) is 104 Å². The van der Waals surface area contributed by atoms with E-state index in [4.69, 9.17) is 11.6 Å². The van der Waals surface area contributed by atoms with Gasteiger partial charge in [-0.2, -0.15) is 0 Å². The summed E-state index contributed by atoms with van der Waals surface area (Å²) in [5, 5.41) is 2.89. The lowest BCUT2D eigenvalue weighted by atomic mass is 9.84. The SMILES string of the molecule is O=C(Cn1c2c(sc1=O)C(c1cccnc1)C1C(=O)N(c3ccc(F)cc3)C(=O)C1S2)Nc1ccc(Cl)cc1. The summed E-state index contributed by atoms with van der Waals surface area (Å²) in [5.74, 6) is -3.24. The van der Waals surface area contributed by atoms with E-state index in [9.17, 15) is 23.6 Å². The van der Waals surface area contributed by atoms with E-state index in [1.807, 2.05) is 0 Å². The predicted octanol–water partition coefficient (Wildman–Crippen LogP) is 4.53. The number of nitrogens with one attached hydrogen (secondary N) is 1. The summed E-state index contributed by atoms with van der Waals surface area (Å²) in [6, 6.07) is 15.3. The number of nitrogens with zero attached hydrogens (tertiary/aromatic N) is 3. The van der Waals surface area contributed by atoms with Gasteiger partial charge in [-0.05, 0) is 60.2 Å². The van der Waals surface area contributed by atoms with E-state index in [2.05, 4.69) is 10.3 Å². The number of rotatable bonds is 5. The van der Waals surface area contributed by atoms with Gasteiger partial charge in [0.1, 0.15) is 17.6 Å². The third kappa shape index (κ3) is 4.56. The van der Waals surface area contributed by atoms with E-state index < -0.39 is 40.6 Å². The molecule has 0 bridgehead atoms. The molecule has 6 rings (SSSR count). The maximum Gasteiger partial charge on any atom is 0.308 e. The average molecular weight is 581 g/mol. The Balaban J connectivity index is 1.39. The van der Waals surface area contributed by atoms with Crippen molar-refractivity contribution in [1.29, 1.82) is 0 Å². The molecule has 2 aliphatic rings. The number of aromatic nitrogens is 2. The lowest BCUT2D eigenvalue weighted by Gasteiger charge is -2.30. The van der Waals surface area contributed by atoms with Crippen LogP contribution in [0.2, 0.25) is 5.02 Å². The molecule has 2 aromatic carbocycles. The van der Waals surface area contributed by atoms with Gasteiger partial charge in [-0.25, -0.2) is 9.29 Å². The maximum atomic E-state index is 13.7. The van der Waals surface area contributed by atoms with Gasteiger partial charge in [-0.15, -0.1) is 0 Å². The zero-order valence-electron chi connectivity index (χ0n) is 19.9. The number of thiazole rings is 1. The minimum atomic E-state index is -0.847. The molecule has 0 aliphatic carbocycles. The van der Waals surface area contributed by atoms with Crippen molar-refractivity contribution < 1.29 is 18.8 Å². The first-order valence-corrected chi connectivity index (χ1v) is 13.9. The molecule has 4 aromatic rings. The largest absolute Gasteiger partial charge is 0.325 e. The highest BCUT2D eigenvalue weighted by Crippen LogP contribution is 2.53. The Morgan fingerprint density at radius 3 is 2.46 bits per heavy atom. The highest BCUT2D eigenvalue weighted by molar-refractivity contribution is 8.00. The average Bonchev–Trinajstić information content (AvgIpc) is 3.37. The predicted molar refractivity (Wildman–Crippen MR) is 147 cm³/mol. The molecule has 3 atom stereocenters. The summed E-state index contributed by atoms with van der Waals surface area (Å²) in [4.78, 5) is 58.9. The number of halogens is 2. The third-order valence-electron chi connectivity index (χ3n) is 6.61. The topological polar surface area (TPSA) is 101 Å². The number of fused-ring (bicyclic) bond motifs is 2. The maximum absolute atomic E-state index is 13.7. The number of pyridine rings is 1. The molecule has 0 radical (unpaired) electrons.